The highest BCUT2D eigenvalue weighted by Crippen LogP contribution is 2.22. The van der Waals surface area contributed by atoms with Gasteiger partial charge in [0, 0.05) is 10.6 Å². The quantitative estimate of drug-likeness (QED) is 0.906. The number of thiazole rings is 1. The van der Waals surface area contributed by atoms with Gasteiger partial charge >= 0.3 is 0 Å². The molecule has 0 aliphatic heterocycles. The minimum absolute atomic E-state index is 0.132. The molecule has 1 aromatic carbocycles. The first-order valence-corrected chi connectivity index (χ1v) is 6.37. The number of aromatic nitrogens is 1. The average molecular weight is 271 g/mol. The van der Waals surface area contributed by atoms with Crippen molar-refractivity contribution in [2.75, 3.05) is 5.32 Å². The topological polar surface area (TPSA) is 24.9 Å². The summed E-state index contributed by atoms with van der Waals surface area (Å²) in [4.78, 5) is 5.53. The van der Waals surface area contributed by atoms with E-state index in [1.54, 1.807) is 23.5 Å². The fourth-order valence-electron chi connectivity index (χ4n) is 1.53. The van der Waals surface area contributed by atoms with E-state index < -0.39 is 5.82 Å². The Kier molecular flexibility index (Phi) is 3.64. The third-order valence-corrected chi connectivity index (χ3v) is 3.73. The lowest BCUT2D eigenvalue weighted by Crippen LogP contribution is -1.99. The molecule has 0 radical (unpaired) electrons. The van der Waals surface area contributed by atoms with Crippen LogP contribution in [-0.2, 0) is 6.54 Å². The number of aryl methyl sites for hydroxylation is 2. The van der Waals surface area contributed by atoms with Gasteiger partial charge in [-0.1, -0.05) is 11.6 Å². The molecule has 1 N–H and O–H groups in total. The van der Waals surface area contributed by atoms with Gasteiger partial charge in [-0.05, 0) is 32.0 Å². The van der Waals surface area contributed by atoms with Crippen LogP contribution in [0.1, 0.15) is 15.6 Å². The third kappa shape index (κ3) is 2.96. The smallest absolute Gasteiger partial charge is 0.141 e. The molecule has 0 atom stereocenters. The number of nitrogens with one attached hydrogen (secondary N) is 1. The van der Waals surface area contributed by atoms with E-state index in [0.717, 1.165) is 16.4 Å². The van der Waals surface area contributed by atoms with Crippen molar-refractivity contribution in [1.29, 1.82) is 0 Å². The predicted octanol–water partition coefficient (Wildman–Crippen LogP) is 4.16. The highest BCUT2D eigenvalue weighted by Gasteiger charge is 2.05. The lowest BCUT2D eigenvalue weighted by molar-refractivity contribution is 0.628. The highest BCUT2D eigenvalue weighted by molar-refractivity contribution is 7.11. The van der Waals surface area contributed by atoms with Gasteiger partial charge in [0.05, 0.1) is 22.3 Å². The van der Waals surface area contributed by atoms with Crippen molar-refractivity contribution in [2.45, 2.75) is 20.4 Å². The van der Waals surface area contributed by atoms with Crippen LogP contribution in [0.3, 0.4) is 0 Å². The van der Waals surface area contributed by atoms with Crippen molar-refractivity contribution in [2.24, 2.45) is 0 Å². The Hall–Kier alpha value is -1.13. The van der Waals surface area contributed by atoms with Gasteiger partial charge in [-0.3, -0.25) is 0 Å². The molecule has 90 valence electrons. The highest BCUT2D eigenvalue weighted by atomic mass is 35.5. The SMILES string of the molecule is Cc1nc(C)c(CNc2ccc(F)c(Cl)c2)s1. The summed E-state index contributed by atoms with van der Waals surface area (Å²) in [5, 5.41) is 4.39. The van der Waals surface area contributed by atoms with E-state index in [4.69, 9.17) is 11.6 Å². The number of benzene rings is 1. The van der Waals surface area contributed by atoms with E-state index in [1.807, 2.05) is 13.8 Å². The predicted molar refractivity (Wildman–Crippen MR) is 70.3 cm³/mol. The van der Waals surface area contributed by atoms with Crippen LogP contribution in [0.25, 0.3) is 0 Å². The van der Waals surface area contributed by atoms with Crippen LogP contribution < -0.4 is 5.32 Å². The van der Waals surface area contributed by atoms with Gasteiger partial charge in [-0.2, -0.15) is 0 Å². The number of halogens is 2. The number of hydrogen-bond acceptors (Lipinski definition) is 3. The monoisotopic (exact) mass is 270 g/mol. The van der Waals surface area contributed by atoms with Crippen LogP contribution in [0, 0.1) is 19.7 Å². The normalized spacial score (nSPS) is 10.6. The van der Waals surface area contributed by atoms with E-state index in [0.29, 0.717) is 6.54 Å². The fourth-order valence-corrected chi connectivity index (χ4v) is 2.58. The van der Waals surface area contributed by atoms with Gasteiger partial charge < -0.3 is 5.32 Å². The second-order valence-corrected chi connectivity index (χ2v) is 5.42. The molecule has 0 fully saturated rings. The summed E-state index contributed by atoms with van der Waals surface area (Å²) in [6.45, 7) is 4.65. The number of nitrogens with zero attached hydrogens (tertiary/aromatic N) is 1. The summed E-state index contributed by atoms with van der Waals surface area (Å²) in [5.74, 6) is -0.401. The van der Waals surface area contributed by atoms with E-state index in [9.17, 15) is 4.39 Å². The first-order chi connectivity index (χ1) is 8.06. The zero-order valence-corrected chi connectivity index (χ0v) is 11.1. The van der Waals surface area contributed by atoms with Crippen molar-refractivity contribution in [1.82, 2.24) is 4.98 Å². The molecule has 2 nitrogen and oxygen atoms in total. The lowest BCUT2D eigenvalue weighted by Gasteiger charge is -2.06. The van der Waals surface area contributed by atoms with Gasteiger partial charge in [0.2, 0.25) is 0 Å². The summed E-state index contributed by atoms with van der Waals surface area (Å²) in [5.41, 5.74) is 1.84. The lowest BCUT2D eigenvalue weighted by atomic mass is 10.3. The molecule has 17 heavy (non-hydrogen) atoms. The maximum absolute atomic E-state index is 13.0. The zero-order chi connectivity index (χ0) is 12.4. The van der Waals surface area contributed by atoms with Crippen molar-refractivity contribution in [3.63, 3.8) is 0 Å². The summed E-state index contributed by atoms with van der Waals surface area (Å²) >= 11 is 7.37. The molecular formula is C12H12ClFN2S. The van der Waals surface area contributed by atoms with Crippen LogP contribution >= 0.6 is 22.9 Å². The summed E-state index contributed by atoms with van der Waals surface area (Å²) in [6.07, 6.45) is 0. The molecule has 2 aromatic rings. The minimum Gasteiger partial charge on any atom is -0.380 e. The summed E-state index contributed by atoms with van der Waals surface area (Å²) < 4.78 is 13.0. The Bertz CT molecular complexity index is 539. The zero-order valence-electron chi connectivity index (χ0n) is 9.55. The Balaban J connectivity index is 2.07. The molecule has 0 saturated carbocycles. The molecule has 2 rings (SSSR count). The molecule has 0 saturated heterocycles. The minimum atomic E-state index is -0.401. The van der Waals surface area contributed by atoms with Crippen molar-refractivity contribution >= 4 is 28.6 Å². The molecule has 0 amide bonds. The van der Waals surface area contributed by atoms with Crippen LogP contribution in [-0.4, -0.2) is 4.98 Å². The molecule has 0 aliphatic rings. The van der Waals surface area contributed by atoms with E-state index in [2.05, 4.69) is 10.3 Å². The molecule has 1 heterocycles. The fraction of sp³-hybridized carbons (Fsp3) is 0.250. The van der Waals surface area contributed by atoms with Gasteiger partial charge in [-0.15, -0.1) is 11.3 Å². The van der Waals surface area contributed by atoms with Crippen LogP contribution in [0.2, 0.25) is 5.02 Å². The van der Waals surface area contributed by atoms with E-state index in [1.165, 1.54) is 10.9 Å². The average Bonchev–Trinajstić information content (AvgIpc) is 2.59. The van der Waals surface area contributed by atoms with Gasteiger partial charge in [0.25, 0.3) is 0 Å². The van der Waals surface area contributed by atoms with Crippen LogP contribution in [0.5, 0.6) is 0 Å². The Labute approximate surface area is 108 Å². The first-order valence-electron chi connectivity index (χ1n) is 5.18. The number of hydrogen-bond donors (Lipinski definition) is 1. The molecule has 0 spiro atoms. The van der Waals surface area contributed by atoms with Gasteiger partial charge in [0.1, 0.15) is 5.82 Å². The van der Waals surface area contributed by atoms with Crippen molar-refractivity contribution in [3.05, 3.63) is 44.6 Å². The molecule has 0 aliphatic carbocycles. The number of anilines is 1. The summed E-state index contributed by atoms with van der Waals surface area (Å²) in [6, 6.07) is 4.61. The Morgan fingerprint density at radius 1 is 1.41 bits per heavy atom. The Morgan fingerprint density at radius 3 is 2.76 bits per heavy atom. The second kappa shape index (κ2) is 5.02. The molecule has 0 bridgehead atoms. The van der Waals surface area contributed by atoms with E-state index >= 15 is 0 Å². The maximum Gasteiger partial charge on any atom is 0.141 e. The second-order valence-electron chi connectivity index (χ2n) is 3.72. The van der Waals surface area contributed by atoms with Gasteiger partial charge in [-0.25, -0.2) is 9.37 Å². The molecular weight excluding hydrogens is 259 g/mol. The number of rotatable bonds is 3. The first kappa shape index (κ1) is 12.3. The molecule has 0 unspecified atom stereocenters. The van der Waals surface area contributed by atoms with Crippen LogP contribution in [0.15, 0.2) is 18.2 Å². The summed E-state index contributed by atoms with van der Waals surface area (Å²) in [7, 11) is 0. The molecule has 1 aromatic heterocycles. The van der Waals surface area contributed by atoms with Crippen molar-refractivity contribution < 1.29 is 4.39 Å². The van der Waals surface area contributed by atoms with E-state index in [-0.39, 0.29) is 5.02 Å². The van der Waals surface area contributed by atoms with Crippen LogP contribution in [0.4, 0.5) is 10.1 Å². The largest absolute Gasteiger partial charge is 0.380 e. The Morgan fingerprint density at radius 2 is 2.18 bits per heavy atom. The maximum atomic E-state index is 13.0. The third-order valence-electron chi connectivity index (χ3n) is 2.37. The molecule has 5 heteroatoms. The van der Waals surface area contributed by atoms with Crippen molar-refractivity contribution in [3.8, 4) is 0 Å². The van der Waals surface area contributed by atoms with Gasteiger partial charge in [0.15, 0.2) is 0 Å². The standard InChI is InChI=1S/C12H12ClFN2S/c1-7-12(17-8(2)16-7)6-15-9-3-4-11(14)10(13)5-9/h3-5,15H,6H2,1-2H3.